The lowest BCUT2D eigenvalue weighted by Gasteiger charge is -2.28. The number of fused-ring (bicyclic) bond motifs is 1. The van der Waals surface area contributed by atoms with Crippen LogP contribution < -0.4 is 4.90 Å². The number of hydrogen-bond donors (Lipinski definition) is 1. The number of likely N-dealkylation sites (tertiary alicyclic amines) is 1. The molecule has 3 aliphatic rings. The number of carbonyl (C=O) groups is 1. The van der Waals surface area contributed by atoms with E-state index in [-0.39, 0.29) is 29.4 Å². The summed E-state index contributed by atoms with van der Waals surface area (Å²) in [4.78, 5) is 15.2. The summed E-state index contributed by atoms with van der Waals surface area (Å²) in [6.07, 6.45) is 0.419. The van der Waals surface area contributed by atoms with Gasteiger partial charge in [0.25, 0.3) is 0 Å². The first kappa shape index (κ1) is 13.3. The first-order chi connectivity index (χ1) is 9.05. The molecule has 0 spiro atoms. The van der Waals surface area contributed by atoms with Gasteiger partial charge in [0, 0.05) is 12.3 Å². The fourth-order valence-electron chi connectivity index (χ4n) is 3.45. The summed E-state index contributed by atoms with van der Waals surface area (Å²) in [6, 6.07) is -0.0575. The van der Waals surface area contributed by atoms with E-state index in [0.717, 1.165) is 32.8 Å². The zero-order chi connectivity index (χ0) is 13.5. The van der Waals surface area contributed by atoms with E-state index in [1.54, 1.807) is 0 Å². The van der Waals surface area contributed by atoms with Crippen LogP contribution in [-0.4, -0.2) is 76.2 Å². The van der Waals surface area contributed by atoms with Crippen LogP contribution in [0.25, 0.3) is 0 Å². The topological polar surface area (TPSA) is 68.1 Å². The minimum atomic E-state index is -2.93. The van der Waals surface area contributed by atoms with Gasteiger partial charge < -0.3 is 14.5 Å². The quantitative estimate of drug-likeness (QED) is 0.626. The van der Waals surface area contributed by atoms with Gasteiger partial charge in [-0.3, -0.25) is 4.79 Å². The molecule has 3 aliphatic heterocycles. The molecule has 7 heteroatoms. The van der Waals surface area contributed by atoms with Crippen molar-refractivity contribution in [3.8, 4) is 0 Å². The number of quaternary nitrogens is 1. The fourth-order valence-corrected chi connectivity index (χ4v) is 5.55. The van der Waals surface area contributed by atoms with E-state index in [2.05, 4.69) is 0 Å². The molecule has 3 fully saturated rings. The third-order valence-electron chi connectivity index (χ3n) is 4.50. The Balaban J connectivity index is 1.59. The third kappa shape index (κ3) is 2.78. The monoisotopic (exact) mass is 289 g/mol. The van der Waals surface area contributed by atoms with Gasteiger partial charge in [-0.15, -0.1) is 0 Å². The molecule has 6 nitrogen and oxygen atoms in total. The van der Waals surface area contributed by atoms with Gasteiger partial charge in [0.1, 0.15) is 13.1 Å². The number of morpholine rings is 1. The molecule has 0 saturated carbocycles. The van der Waals surface area contributed by atoms with E-state index in [4.69, 9.17) is 4.74 Å². The molecular weight excluding hydrogens is 268 g/mol. The number of hydrogen-bond acceptors (Lipinski definition) is 4. The van der Waals surface area contributed by atoms with Crippen LogP contribution in [0.2, 0.25) is 0 Å². The Morgan fingerprint density at radius 1 is 1.26 bits per heavy atom. The molecule has 19 heavy (non-hydrogen) atoms. The Kier molecular flexibility index (Phi) is 3.53. The molecule has 108 valence electrons. The van der Waals surface area contributed by atoms with Gasteiger partial charge in [0.15, 0.2) is 9.84 Å². The predicted octanol–water partition coefficient (Wildman–Crippen LogP) is -2.45. The minimum absolute atomic E-state index is 0.0391. The zero-order valence-corrected chi connectivity index (χ0v) is 11.8. The fraction of sp³-hybridized carbons (Fsp3) is 0.917. The highest BCUT2D eigenvalue weighted by atomic mass is 32.2. The van der Waals surface area contributed by atoms with Crippen molar-refractivity contribution in [2.75, 3.05) is 50.9 Å². The van der Waals surface area contributed by atoms with Gasteiger partial charge in [-0.25, -0.2) is 8.42 Å². The van der Waals surface area contributed by atoms with Crippen molar-refractivity contribution in [3.05, 3.63) is 0 Å². The van der Waals surface area contributed by atoms with Crippen molar-refractivity contribution >= 4 is 15.7 Å². The summed E-state index contributed by atoms with van der Waals surface area (Å²) < 4.78 is 28.6. The Morgan fingerprint density at radius 2 is 2.00 bits per heavy atom. The van der Waals surface area contributed by atoms with Gasteiger partial charge in [0.2, 0.25) is 5.91 Å². The van der Waals surface area contributed by atoms with Crippen molar-refractivity contribution in [1.29, 1.82) is 0 Å². The molecule has 1 amide bonds. The molecule has 0 aromatic carbocycles. The third-order valence-corrected chi connectivity index (χ3v) is 6.29. The minimum Gasteiger partial charge on any atom is -0.370 e. The molecule has 3 rings (SSSR count). The number of amides is 1. The number of ether oxygens (including phenoxy) is 1. The van der Waals surface area contributed by atoms with Crippen LogP contribution in [0.1, 0.15) is 6.42 Å². The zero-order valence-electron chi connectivity index (χ0n) is 11.0. The maximum absolute atomic E-state index is 12.0. The molecule has 0 bridgehead atoms. The van der Waals surface area contributed by atoms with Crippen molar-refractivity contribution in [3.63, 3.8) is 0 Å². The Labute approximate surface area is 113 Å². The number of sulfone groups is 1. The second kappa shape index (κ2) is 5.03. The molecule has 2 unspecified atom stereocenters. The van der Waals surface area contributed by atoms with Crippen LogP contribution in [0, 0.1) is 5.92 Å². The standard InChI is InChI=1S/C12H20N2O4S/c15-12-7-10-8-19(16,17)9-11(10)14(12)2-1-13-3-5-18-6-4-13/h10-11H,1-9H2/p+1. The van der Waals surface area contributed by atoms with Crippen molar-refractivity contribution in [1.82, 2.24) is 4.90 Å². The van der Waals surface area contributed by atoms with E-state index in [1.165, 1.54) is 4.90 Å². The lowest BCUT2D eigenvalue weighted by atomic mass is 10.1. The van der Waals surface area contributed by atoms with Crippen LogP contribution >= 0.6 is 0 Å². The van der Waals surface area contributed by atoms with Gasteiger partial charge in [-0.05, 0) is 0 Å². The second-order valence-corrected chi connectivity index (χ2v) is 7.96. The van der Waals surface area contributed by atoms with Crippen LogP contribution in [0.15, 0.2) is 0 Å². The highest BCUT2D eigenvalue weighted by Crippen LogP contribution is 2.33. The summed E-state index contributed by atoms with van der Waals surface area (Å²) in [7, 11) is -2.93. The summed E-state index contributed by atoms with van der Waals surface area (Å²) in [6.45, 7) is 5.11. The summed E-state index contributed by atoms with van der Waals surface area (Å²) >= 11 is 0. The smallest absolute Gasteiger partial charge is 0.223 e. The number of nitrogens with zero attached hydrogens (tertiary/aromatic N) is 1. The largest absolute Gasteiger partial charge is 0.370 e. The Morgan fingerprint density at radius 3 is 2.74 bits per heavy atom. The van der Waals surface area contributed by atoms with Gasteiger partial charge in [0.05, 0.1) is 43.9 Å². The first-order valence-corrected chi connectivity index (χ1v) is 8.78. The molecule has 0 aliphatic carbocycles. The Hall–Kier alpha value is -0.660. The van der Waals surface area contributed by atoms with E-state index in [9.17, 15) is 13.2 Å². The Bertz CT molecular complexity index is 458. The molecule has 1 N–H and O–H groups in total. The highest BCUT2D eigenvalue weighted by molar-refractivity contribution is 7.91. The number of carbonyl (C=O) groups excluding carboxylic acids is 1. The lowest BCUT2D eigenvalue weighted by molar-refractivity contribution is -0.907. The van der Waals surface area contributed by atoms with Gasteiger partial charge >= 0.3 is 0 Å². The molecule has 0 aromatic rings. The molecule has 3 heterocycles. The SMILES string of the molecule is O=C1CC2CS(=O)(=O)CC2N1CC[NH+]1CCOCC1. The molecule has 0 radical (unpaired) electrons. The average molecular weight is 289 g/mol. The maximum atomic E-state index is 12.0. The van der Waals surface area contributed by atoms with E-state index < -0.39 is 9.84 Å². The van der Waals surface area contributed by atoms with Crippen molar-refractivity contribution in [2.24, 2.45) is 5.92 Å². The van der Waals surface area contributed by atoms with Crippen LogP contribution in [0.4, 0.5) is 0 Å². The molecule has 3 saturated heterocycles. The molecular formula is C12H21N2O4S+. The molecule has 2 atom stereocenters. The normalized spacial score (nSPS) is 34.7. The van der Waals surface area contributed by atoms with E-state index >= 15 is 0 Å². The van der Waals surface area contributed by atoms with Crippen LogP contribution in [0.3, 0.4) is 0 Å². The highest BCUT2D eigenvalue weighted by Gasteiger charge is 2.48. The summed E-state index contributed by atoms with van der Waals surface area (Å²) in [5.74, 6) is 0.543. The van der Waals surface area contributed by atoms with Crippen LogP contribution in [0.5, 0.6) is 0 Å². The van der Waals surface area contributed by atoms with E-state index in [1.807, 2.05) is 4.90 Å². The van der Waals surface area contributed by atoms with Crippen molar-refractivity contribution in [2.45, 2.75) is 12.5 Å². The number of nitrogens with one attached hydrogen (secondary N) is 1. The van der Waals surface area contributed by atoms with Crippen LogP contribution in [-0.2, 0) is 19.4 Å². The maximum Gasteiger partial charge on any atom is 0.223 e. The predicted molar refractivity (Wildman–Crippen MR) is 68.6 cm³/mol. The van der Waals surface area contributed by atoms with E-state index in [0.29, 0.717) is 13.0 Å². The number of rotatable bonds is 3. The van der Waals surface area contributed by atoms with Gasteiger partial charge in [-0.2, -0.15) is 0 Å². The lowest BCUT2D eigenvalue weighted by Crippen LogP contribution is -3.14. The van der Waals surface area contributed by atoms with Crippen molar-refractivity contribution < 1.29 is 22.8 Å². The summed E-state index contributed by atoms with van der Waals surface area (Å²) in [5.41, 5.74) is 0. The first-order valence-electron chi connectivity index (χ1n) is 6.96. The van der Waals surface area contributed by atoms with Gasteiger partial charge in [-0.1, -0.05) is 0 Å². The average Bonchev–Trinajstić information content (AvgIpc) is 2.79. The molecule has 0 aromatic heterocycles. The summed E-state index contributed by atoms with van der Waals surface area (Å²) in [5, 5.41) is 0. The second-order valence-electron chi connectivity index (χ2n) is 5.81.